The van der Waals surface area contributed by atoms with E-state index in [2.05, 4.69) is 89.8 Å². The second-order valence-electron chi connectivity index (χ2n) is 6.61. The predicted octanol–water partition coefficient (Wildman–Crippen LogP) is 5.03. The first-order valence-corrected chi connectivity index (χ1v) is 8.80. The summed E-state index contributed by atoms with van der Waals surface area (Å²) in [5.74, 6) is 0. The molecule has 4 rings (SSSR count). The largest absolute Gasteiger partial charge is 0.291 e. The van der Waals surface area contributed by atoms with Crippen molar-refractivity contribution in [1.29, 1.82) is 0 Å². The van der Waals surface area contributed by atoms with Crippen LogP contribution >= 0.6 is 0 Å². The van der Waals surface area contributed by atoms with E-state index in [9.17, 15) is 0 Å². The highest BCUT2D eigenvalue weighted by Gasteiger charge is 2.25. The molecule has 1 heterocycles. The minimum Gasteiger partial charge on any atom is -0.291 e. The van der Waals surface area contributed by atoms with Gasteiger partial charge in [-0.05, 0) is 35.1 Å². The van der Waals surface area contributed by atoms with Gasteiger partial charge in [-0.3, -0.25) is 4.90 Å². The van der Waals surface area contributed by atoms with E-state index in [4.69, 9.17) is 0 Å². The first kappa shape index (κ1) is 15.2. The summed E-state index contributed by atoms with van der Waals surface area (Å²) in [6, 6.07) is 31.2. The molecule has 0 saturated heterocycles. The summed E-state index contributed by atoms with van der Waals surface area (Å²) in [4.78, 5) is 2.64. The van der Waals surface area contributed by atoms with E-state index in [0.29, 0.717) is 6.04 Å². The van der Waals surface area contributed by atoms with E-state index in [-0.39, 0.29) is 0 Å². The average Bonchev–Trinajstić information content (AvgIpc) is 2.83. The van der Waals surface area contributed by atoms with Crippen molar-refractivity contribution in [3.05, 3.63) is 107 Å². The maximum Gasteiger partial charge on any atom is 0.0392 e. The number of benzene rings is 3. The molecular formula is C23H23N. The molecule has 120 valence electrons. The second-order valence-corrected chi connectivity index (χ2v) is 6.61. The van der Waals surface area contributed by atoms with Crippen molar-refractivity contribution in [3.8, 4) is 0 Å². The Hall–Kier alpha value is -2.38. The molecule has 1 atom stereocenters. The summed E-state index contributed by atoms with van der Waals surface area (Å²) in [6.07, 6.45) is 2.22. The van der Waals surface area contributed by atoms with Crippen LogP contribution in [0.4, 0.5) is 0 Å². The standard InChI is InChI=1S/C23H23N/c1-3-9-19(10-4-1)18-24-16-15-20-11-7-8-14-22(20)17-23(24)21-12-5-2-6-13-21/h1-14,23H,15-18H2. The molecule has 0 spiro atoms. The molecule has 0 radical (unpaired) electrons. The third-order valence-corrected chi connectivity index (χ3v) is 5.05. The van der Waals surface area contributed by atoms with E-state index < -0.39 is 0 Å². The zero-order valence-electron chi connectivity index (χ0n) is 13.9. The van der Waals surface area contributed by atoms with E-state index in [1.807, 2.05) is 0 Å². The van der Waals surface area contributed by atoms with Gasteiger partial charge in [-0.1, -0.05) is 84.9 Å². The van der Waals surface area contributed by atoms with Gasteiger partial charge in [-0.2, -0.15) is 0 Å². The highest BCUT2D eigenvalue weighted by Crippen LogP contribution is 2.31. The fourth-order valence-corrected chi connectivity index (χ4v) is 3.77. The molecule has 1 aliphatic heterocycles. The van der Waals surface area contributed by atoms with Crippen LogP contribution in [0, 0.1) is 0 Å². The minimum absolute atomic E-state index is 0.440. The lowest BCUT2D eigenvalue weighted by molar-refractivity contribution is 0.195. The van der Waals surface area contributed by atoms with Crippen LogP contribution in [-0.2, 0) is 19.4 Å². The summed E-state index contributed by atoms with van der Waals surface area (Å²) < 4.78 is 0. The molecule has 0 saturated carbocycles. The highest BCUT2D eigenvalue weighted by atomic mass is 15.2. The number of hydrogen-bond donors (Lipinski definition) is 0. The SMILES string of the molecule is c1ccc(CN2CCc3ccccc3CC2c2ccccc2)cc1. The quantitative estimate of drug-likeness (QED) is 0.655. The van der Waals surface area contributed by atoms with Crippen molar-refractivity contribution in [1.82, 2.24) is 4.90 Å². The summed E-state index contributed by atoms with van der Waals surface area (Å²) in [6.45, 7) is 2.11. The normalized spacial score (nSPS) is 17.9. The van der Waals surface area contributed by atoms with Gasteiger partial charge in [0.25, 0.3) is 0 Å². The zero-order chi connectivity index (χ0) is 16.2. The monoisotopic (exact) mass is 313 g/mol. The lowest BCUT2D eigenvalue weighted by Crippen LogP contribution is -2.30. The Morgan fingerprint density at radius 2 is 1.33 bits per heavy atom. The summed E-state index contributed by atoms with van der Waals surface area (Å²) in [5, 5.41) is 0. The number of hydrogen-bond acceptors (Lipinski definition) is 1. The molecule has 0 amide bonds. The van der Waals surface area contributed by atoms with Crippen molar-refractivity contribution in [2.75, 3.05) is 6.54 Å². The Morgan fingerprint density at radius 3 is 2.08 bits per heavy atom. The number of rotatable bonds is 3. The summed E-state index contributed by atoms with van der Waals surface area (Å²) in [5.41, 5.74) is 5.82. The smallest absolute Gasteiger partial charge is 0.0392 e. The molecule has 3 aromatic rings. The van der Waals surface area contributed by atoms with Crippen LogP contribution in [0.25, 0.3) is 0 Å². The Balaban J connectivity index is 1.68. The molecule has 24 heavy (non-hydrogen) atoms. The van der Waals surface area contributed by atoms with Crippen molar-refractivity contribution >= 4 is 0 Å². The number of nitrogens with zero attached hydrogens (tertiary/aromatic N) is 1. The molecule has 0 aromatic heterocycles. The minimum atomic E-state index is 0.440. The van der Waals surface area contributed by atoms with Crippen molar-refractivity contribution in [2.24, 2.45) is 0 Å². The second kappa shape index (κ2) is 7.02. The molecule has 0 bridgehead atoms. The summed E-state index contributed by atoms with van der Waals surface area (Å²) >= 11 is 0. The van der Waals surface area contributed by atoms with Crippen molar-refractivity contribution in [3.63, 3.8) is 0 Å². The molecule has 1 nitrogen and oxygen atoms in total. The van der Waals surface area contributed by atoms with Gasteiger partial charge in [0.05, 0.1) is 0 Å². The molecule has 1 heteroatoms. The molecule has 3 aromatic carbocycles. The van der Waals surface area contributed by atoms with Crippen molar-refractivity contribution in [2.45, 2.75) is 25.4 Å². The van der Waals surface area contributed by atoms with E-state index in [0.717, 1.165) is 25.9 Å². The van der Waals surface area contributed by atoms with Gasteiger partial charge in [0.1, 0.15) is 0 Å². The third-order valence-electron chi connectivity index (χ3n) is 5.05. The predicted molar refractivity (Wildman–Crippen MR) is 99.9 cm³/mol. The van der Waals surface area contributed by atoms with Crippen LogP contribution in [0.5, 0.6) is 0 Å². The first-order chi connectivity index (χ1) is 11.9. The van der Waals surface area contributed by atoms with E-state index in [1.165, 1.54) is 22.3 Å². The van der Waals surface area contributed by atoms with Crippen LogP contribution in [0.2, 0.25) is 0 Å². The Bertz CT molecular complexity index is 779. The van der Waals surface area contributed by atoms with Gasteiger partial charge in [-0.25, -0.2) is 0 Å². The maximum absolute atomic E-state index is 2.64. The zero-order valence-corrected chi connectivity index (χ0v) is 13.9. The Kier molecular flexibility index (Phi) is 4.44. The van der Waals surface area contributed by atoms with Gasteiger partial charge in [0.15, 0.2) is 0 Å². The van der Waals surface area contributed by atoms with Crippen LogP contribution in [-0.4, -0.2) is 11.4 Å². The van der Waals surface area contributed by atoms with Gasteiger partial charge >= 0.3 is 0 Å². The lowest BCUT2D eigenvalue weighted by Gasteiger charge is -2.30. The Morgan fingerprint density at radius 1 is 0.708 bits per heavy atom. The van der Waals surface area contributed by atoms with Crippen LogP contribution < -0.4 is 0 Å². The van der Waals surface area contributed by atoms with Gasteiger partial charge in [0, 0.05) is 19.1 Å². The molecular weight excluding hydrogens is 290 g/mol. The molecule has 0 aliphatic carbocycles. The topological polar surface area (TPSA) is 3.24 Å². The van der Waals surface area contributed by atoms with Crippen LogP contribution in [0.3, 0.4) is 0 Å². The Labute approximate surface area is 144 Å². The van der Waals surface area contributed by atoms with Gasteiger partial charge in [0.2, 0.25) is 0 Å². The summed E-state index contributed by atoms with van der Waals surface area (Å²) in [7, 11) is 0. The molecule has 0 fully saturated rings. The number of fused-ring (bicyclic) bond motifs is 1. The maximum atomic E-state index is 2.64. The van der Waals surface area contributed by atoms with E-state index in [1.54, 1.807) is 0 Å². The van der Waals surface area contributed by atoms with Gasteiger partial charge < -0.3 is 0 Å². The fourth-order valence-electron chi connectivity index (χ4n) is 3.77. The molecule has 0 N–H and O–H groups in total. The fraction of sp³-hybridized carbons (Fsp3) is 0.217. The first-order valence-electron chi connectivity index (χ1n) is 8.80. The third kappa shape index (κ3) is 3.27. The molecule has 1 aliphatic rings. The van der Waals surface area contributed by atoms with Crippen LogP contribution in [0.15, 0.2) is 84.9 Å². The highest BCUT2D eigenvalue weighted by molar-refractivity contribution is 5.32. The molecule has 1 unspecified atom stereocenters. The van der Waals surface area contributed by atoms with Crippen LogP contribution in [0.1, 0.15) is 28.3 Å². The van der Waals surface area contributed by atoms with E-state index >= 15 is 0 Å². The average molecular weight is 313 g/mol. The van der Waals surface area contributed by atoms with Crippen molar-refractivity contribution < 1.29 is 0 Å². The van der Waals surface area contributed by atoms with Gasteiger partial charge in [-0.15, -0.1) is 0 Å². The lowest BCUT2D eigenvalue weighted by atomic mass is 9.96.